The highest BCUT2D eigenvalue weighted by Crippen LogP contribution is 2.33. The highest BCUT2D eigenvalue weighted by molar-refractivity contribution is 7.09. The van der Waals surface area contributed by atoms with E-state index in [9.17, 15) is 14.7 Å². The number of aliphatic hydroxyl groups is 1. The number of likely N-dealkylation sites (tertiary alicyclic amines) is 2. The summed E-state index contributed by atoms with van der Waals surface area (Å²) >= 11 is 1.41. The molecule has 3 atom stereocenters. The second-order valence-electron chi connectivity index (χ2n) is 8.17. The Labute approximate surface area is 181 Å². The molecule has 2 aliphatic rings. The zero-order valence-electron chi connectivity index (χ0n) is 17.2. The molecule has 6 nitrogen and oxygen atoms in total. The molecule has 0 aliphatic carbocycles. The lowest BCUT2D eigenvalue weighted by molar-refractivity contribution is -0.145. The molecule has 0 spiro atoms. The molecule has 0 radical (unpaired) electrons. The van der Waals surface area contributed by atoms with E-state index >= 15 is 0 Å². The van der Waals surface area contributed by atoms with Gasteiger partial charge >= 0.3 is 0 Å². The molecule has 1 unspecified atom stereocenters. The molecular weight excluding hydrogens is 398 g/mol. The maximum atomic E-state index is 13.4. The number of aromatic nitrogens is 1. The first-order valence-corrected chi connectivity index (χ1v) is 11.7. The third-order valence-corrected chi connectivity index (χ3v) is 7.09. The van der Waals surface area contributed by atoms with E-state index in [0.717, 1.165) is 37.0 Å². The van der Waals surface area contributed by atoms with Gasteiger partial charge in [0.15, 0.2) is 0 Å². The first-order valence-electron chi connectivity index (χ1n) is 10.9. The molecule has 2 saturated heterocycles. The summed E-state index contributed by atoms with van der Waals surface area (Å²) in [5, 5.41) is 10.8. The highest BCUT2D eigenvalue weighted by atomic mass is 32.1. The zero-order chi connectivity index (χ0) is 20.9. The van der Waals surface area contributed by atoms with Gasteiger partial charge in [0.1, 0.15) is 12.1 Å². The van der Waals surface area contributed by atoms with Gasteiger partial charge in [-0.1, -0.05) is 30.3 Å². The Kier molecular flexibility index (Phi) is 6.79. The number of aryl methyl sites for hydroxylation is 1. The summed E-state index contributed by atoms with van der Waals surface area (Å²) in [6.07, 6.45) is 6.32. The number of thiazole rings is 1. The van der Waals surface area contributed by atoms with Crippen molar-refractivity contribution in [1.29, 1.82) is 0 Å². The molecule has 7 heteroatoms. The van der Waals surface area contributed by atoms with E-state index in [1.165, 1.54) is 16.9 Å². The second-order valence-corrected chi connectivity index (χ2v) is 9.09. The van der Waals surface area contributed by atoms with Crippen LogP contribution in [-0.2, 0) is 16.0 Å². The van der Waals surface area contributed by atoms with Crippen LogP contribution < -0.4 is 0 Å². The molecule has 0 bridgehead atoms. The van der Waals surface area contributed by atoms with E-state index in [4.69, 9.17) is 0 Å². The lowest BCUT2D eigenvalue weighted by atomic mass is 10.1. The van der Waals surface area contributed by atoms with Gasteiger partial charge < -0.3 is 14.9 Å². The number of hydrogen-bond donors (Lipinski definition) is 1. The summed E-state index contributed by atoms with van der Waals surface area (Å²) < 4.78 is 0. The van der Waals surface area contributed by atoms with Crippen LogP contribution in [0.1, 0.15) is 55.1 Å². The fraction of sp³-hybridized carbons (Fsp3) is 0.522. The van der Waals surface area contributed by atoms with Crippen molar-refractivity contribution in [2.45, 2.75) is 63.1 Å². The molecule has 1 N–H and O–H groups in total. The molecule has 1 aromatic heterocycles. The van der Waals surface area contributed by atoms with Gasteiger partial charge in [-0.2, -0.15) is 0 Å². The van der Waals surface area contributed by atoms with E-state index in [1.54, 1.807) is 16.6 Å². The summed E-state index contributed by atoms with van der Waals surface area (Å²) in [6, 6.07) is 9.56. The molecule has 0 saturated carbocycles. The second kappa shape index (κ2) is 9.71. The van der Waals surface area contributed by atoms with Crippen molar-refractivity contribution in [3.05, 3.63) is 52.5 Å². The lowest BCUT2D eigenvalue weighted by Crippen LogP contribution is -2.50. The van der Waals surface area contributed by atoms with E-state index in [1.807, 2.05) is 23.1 Å². The number of aliphatic hydroxyl groups excluding tert-OH is 1. The predicted molar refractivity (Wildman–Crippen MR) is 116 cm³/mol. The van der Waals surface area contributed by atoms with Gasteiger partial charge in [0.05, 0.1) is 16.4 Å². The SMILES string of the molecule is O=C(CCCc1ccccc1)N1CCC[C@H]1C(=O)N1CCC[C@H]1C(O)c1cncs1. The summed E-state index contributed by atoms with van der Waals surface area (Å²) in [7, 11) is 0. The fourth-order valence-corrected chi connectivity index (χ4v) is 5.36. The molecule has 1 aromatic carbocycles. The quantitative estimate of drug-likeness (QED) is 0.737. The van der Waals surface area contributed by atoms with Crippen molar-refractivity contribution in [2.75, 3.05) is 13.1 Å². The van der Waals surface area contributed by atoms with Crippen molar-refractivity contribution >= 4 is 23.2 Å². The zero-order valence-corrected chi connectivity index (χ0v) is 18.0. The van der Waals surface area contributed by atoms with Crippen LogP contribution in [0.15, 0.2) is 42.0 Å². The Balaban J connectivity index is 1.36. The first-order chi connectivity index (χ1) is 14.6. The average molecular weight is 428 g/mol. The van der Waals surface area contributed by atoms with Crippen LogP contribution in [0.3, 0.4) is 0 Å². The first kappa shape index (κ1) is 21.0. The molecule has 30 heavy (non-hydrogen) atoms. The van der Waals surface area contributed by atoms with Gasteiger partial charge in [-0.25, -0.2) is 0 Å². The summed E-state index contributed by atoms with van der Waals surface area (Å²) in [4.78, 5) is 34.6. The van der Waals surface area contributed by atoms with Crippen LogP contribution in [0.25, 0.3) is 0 Å². The Bertz CT molecular complexity index is 843. The maximum Gasteiger partial charge on any atom is 0.245 e. The van der Waals surface area contributed by atoms with Crippen LogP contribution in [0.4, 0.5) is 0 Å². The van der Waals surface area contributed by atoms with Crippen LogP contribution in [0.5, 0.6) is 0 Å². The number of carbonyl (C=O) groups excluding carboxylic acids is 2. The topological polar surface area (TPSA) is 73.7 Å². The molecule has 2 fully saturated rings. The summed E-state index contributed by atoms with van der Waals surface area (Å²) in [6.45, 7) is 1.29. The van der Waals surface area contributed by atoms with Gasteiger partial charge in [-0.15, -0.1) is 11.3 Å². The van der Waals surface area contributed by atoms with E-state index in [2.05, 4.69) is 17.1 Å². The number of amides is 2. The number of nitrogens with zero attached hydrogens (tertiary/aromatic N) is 3. The molecule has 2 aromatic rings. The van der Waals surface area contributed by atoms with Crippen molar-refractivity contribution in [3.8, 4) is 0 Å². The van der Waals surface area contributed by atoms with Gasteiger partial charge in [-0.3, -0.25) is 14.6 Å². The van der Waals surface area contributed by atoms with Crippen molar-refractivity contribution in [3.63, 3.8) is 0 Å². The number of benzene rings is 1. The van der Waals surface area contributed by atoms with Crippen molar-refractivity contribution < 1.29 is 14.7 Å². The molecule has 2 aliphatic heterocycles. The maximum absolute atomic E-state index is 13.4. The van der Waals surface area contributed by atoms with Crippen molar-refractivity contribution in [1.82, 2.24) is 14.8 Å². The van der Waals surface area contributed by atoms with Crippen LogP contribution in [0.2, 0.25) is 0 Å². The molecular formula is C23H29N3O3S. The molecule has 2 amide bonds. The van der Waals surface area contributed by atoms with E-state index < -0.39 is 6.10 Å². The molecule has 4 rings (SSSR count). The van der Waals surface area contributed by atoms with Gasteiger partial charge in [0.25, 0.3) is 0 Å². The van der Waals surface area contributed by atoms with Gasteiger partial charge in [-0.05, 0) is 44.1 Å². The Morgan fingerprint density at radius 3 is 2.67 bits per heavy atom. The summed E-state index contributed by atoms with van der Waals surface area (Å²) in [5.74, 6) is 0.0653. The Morgan fingerprint density at radius 1 is 1.13 bits per heavy atom. The Hall–Kier alpha value is -2.25. The summed E-state index contributed by atoms with van der Waals surface area (Å²) in [5.41, 5.74) is 2.93. The van der Waals surface area contributed by atoms with Crippen LogP contribution >= 0.6 is 11.3 Å². The van der Waals surface area contributed by atoms with Crippen LogP contribution in [0, 0.1) is 0 Å². The monoisotopic (exact) mass is 427 g/mol. The third kappa shape index (κ3) is 4.57. The number of rotatable bonds is 7. The third-order valence-electron chi connectivity index (χ3n) is 6.25. The average Bonchev–Trinajstić information content (AvgIpc) is 3.55. The van der Waals surface area contributed by atoms with Crippen molar-refractivity contribution in [2.24, 2.45) is 0 Å². The minimum Gasteiger partial charge on any atom is -0.385 e. The lowest BCUT2D eigenvalue weighted by Gasteiger charge is -2.33. The van der Waals surface area contributed by atoms with Gasteiger partial charge in [0, 0.05) is 25.7 Å². The standard InChI is InChI=1S/C23H29N3O3S/c27-21(12-4-9-17-7-2-1-3-8-17)25-13-6-11-19(25)23(29)26-14-5-10-18(26)22(28)20-15-24-16-30-20/h1-3,7-8,15-16,18-19,22,28H,4-6,9-14H2/t18-,19-,22?/m0/s1. The number of carbonyl (C=O) groups is 2. The van der Waals surface area contributed by atoms with Crippen LogP contribution in [-0.4, -0.2) is 56.9 Å². The Morgan fingerprint density at radius 2 is 1.90 bits per heavy atom. The highest BCUT2D eigenvalue weighted by Gasteiger charge is 2.42. The fourth-order valence-electron chi connectivity index (χ4n) is 4.70. The molecule has 160 valence electrons. The predicted octanol–water partition coefficient (Wildman–Crippen LogP) is 3.18. The van der Waals surface area contributed by atoms with Gasteiger partial charge in [0.2, 0.25) is 11.8 Å². The van der Waals surface area contributed by atoms with E-state index in [-0.39, 0.29) is 23.9 Å². The minimum absolute atomic E-state index is 0.00465. The van der Waals surface area contributed by atoms with E-state index in [0.29, 0.717) is 25.9 Å². The molecule has 3 heterocycles. The smallest absolute Gasteiger partial charge is 0.245 e. The minimum atomic E-state index is -0.708. The largest absolute Gasteiger partial charge is 0.385 e. The normalized spacial score (nSPS) is 22.4. The number of hydrogen-bond acceptors (Lipinski definition) is 5.